The third-order valence-corrected chi connectivity index (χ3v) is 6.29. The first kappa shape index (κ1) is 16.8. The van der Waals surface area contributed by atoms with Gasteiger partial charge in [-0.3, -0.25) is 4.79 Å². The van der Waals surface area contributed by atoms with Gasteiger partial charge < -0.3 is 14.7 Å². The summed E-state index contributed by atoms with van der Waals surface area (Å²) in [6, 6.07) is 4.08. The summed E-state index contributed by atoms with van der Waals surface area (Å²) < 4.78 is 6.16. The van der Waals surface area contributed by atoms with Gasteiger partial charge in [-0.1, -0.05) is 6.07 Å². The second-order valence-corrected chi connectivity index (χ2v) is 8.41. The Balaban J connectivity index is 1.27. The van der Waals surface area contributed by atoms with Crippen molar-refractivity contribution in [3.05, 3.63) is 23.4 Å². The van der Waals surface area contributed by atoms with Crippen LogP contribution in [0, 0.1) is 25.2 Å². The average molecular weight is 344 g/mol. The fourth-order valence-electron chi connectivity index (χ4n) is 4.48. The summed E-state index contributed by atoms with van der Waals surface area (Å²) >= 11 is 0. The maximum absolute atomic E-state index is 12.3. The third kappa shape index (κ3) is 3.26. The van der Waals surface area contributed by atoms with Crippen LogP contribution < -0.4 is 4.74 Å². The summed E-state index contributed by atoms with van der Waals surface area (Å²) in [6.07, 6.45) is 5.63. The molecule has 25 heavy (non-hydrogen) atoms. The molecule has 136 valence electrons. The maximum Gasteiger partial charge on any atom is 0.225 e. The smallest absolute Gasteiger partial charge is 0.225 e. The molecule has 2 saturated carbocycles. The van der Waals surface area contributed by atoms with Crippen LogP contribution >= 0.6 is 0 Å². The van der Waals surface area contributed by atoms with Crippen LogP contribution in [0.15, 0.2) is 12.1 Å². The monoisotopic (exact) mass is 344 g/mol. The number of amides is 1. The van der Waals surface area contributed by atoms with Crippen LogP contribution in [0.4, 0.5) is 0 Å². The van der Waals surface area contributed by atoms with E-state index >= 15 is 0 Å². The van der Waals surface area contributed by atoms with Crippen molar-refractivity contribution in [3.8, 4) is 5.88 Å². The zero-order valence-electron chi connectivity index (χ0n) is 15.2. The molecule has 2 heterocycles. The van der Waals surface area contributed by atoms with Gasteiger partial charge in [-0.2, -0.15) is 0 Å². The molecule has 5 nitrogen and oxygen atoms in total. The number of carbonyl (C=O) groups is 1. The number of hydrogen-bond acceptors (Lipinski definition) is 4. The van der Waals surface area contributed by atoms with E-state index in [0.29, 0.717) is 18.3 Å². The van der Waals surface area contributed by atoms with Gasteiger partial charge in [0.1, 0.15) is 6.10 Å². The predicted octanol–water partition coefficient (Wildman–Crippen LogP) is 2.62. The molecule has 1 N–H and O–H groups in total. The van der Waals surface area contributed by atoms with Crippen molar-refractivity contribution in [1.82, 2.24) is 9.88 Å². The quantitative estimate of drug-likeness (QED) is 0.915. The Morgan fingerprint density at radius 3 is 2.56 bits per heavy atom. The Kier molecular flexibility index (Phi) is 4.22. The minimum absolute atomic E-state index is 0.0717. The molecule has 5 heteroatoms. The van der Waals surface area contributed by atoms with E-state index in [-0.39, 0.29) is 24.0 Å². The van der Waals surface area contributed by atoms with E-state index in [1.54, 1.807) is 0 Å². The molecule has 0 radical (unpaired) electrons. The number of likely N-dealkylation sites (tertiary alicyclic amines) is 1. The number of aliphatic hydroxyl groups excluding tert-OH is 1. The normalized spacial score (nSPS) is 28.4. The largest absolute Gasteiger partial charge is 0.474 e. The van der Waals surface area contributed by atoms with E-state index in [1.807, 2.05) is 24.8 Å². The molecule has 3 fully saturated rings. The Bertz CT molecular complexity index is 653. The van der Waals surface area contributed by atoms with Crippen LogP contribution in [0.1, 0.15) is 49.8 Å². The number of pyridine rings is 1. The summed E-state index contributed by atoms with van der Waals surface area (Å²) in [5.74, 6) is 1.10. The summed E-state index contributed by atoms with van der Waals surface area (Å²) in [6.45, 7) is 5.82. The summed E-state index contributed by atoms with van der Waals surface area (Å²) in [7, 11) is 0. The van der Waals surface area contributed by atoms with Gasteiger partial charge in [0.05, 0.1) is 6.10 Å². The van der Waals surface area contributed by atoms with Crippen LogP contribution in [-0.2, 0) is 4.79 Å². The zero-order chi connectivity index (χ0) is 17.6. The van der Waals surface area contributed by atoms with E-state index in [9.17, 15) is 9.90 Å². The standard InChI is InChI=1S/C20H28N2O3/c1-13-3-4-14(2)21-18(13)25-17-5-7-20(8-6-17)11-22(12-20)19(24)15-9-16(23)10-15/h3-4,15-17,23H,5-12H2,1-2H3/t15-,16+. The van der Waals surface area contributed by atoms with Gasteiger partial charge in [-0.15, -0.1) is 0 Å². The first-order valence-electron chi connectivity index (χ1n) is 9.52. The molecule has 3 aliphatic rings. The minimum atomic E-state index is -0.254. The molecule has 1 aliphatic heterocycles. The molecule has 1 saturated heterocycles. The number of ether oxygens (including phenoxy) is 1. The van der Waals surface area contributed by atoms with Gasteiger partial charge in [0, 0.05) is 35.7 Å². The van der Waals surface area contributed by atoms with Crippen molar-refractivity contribution < 1.29 is 14.6 Å². The lowest BCUT2D eigenvalue weighted by molar-refractivity contribution is -0.158. The Hall–Kier alpha value is -1.62. The average Bonchev–Trinajstić information content (AvgIpc) is 2.53. The van der Waals surface area contributed by atoms with E-state index in [0.717, 1.165) is 55.9 Å². The summed E-state index contributed by atoms with van der Waals surface area (Å²) in [4.78, 5) is 18.9. The SMILES string of the molecule is Cc1ccc(C)c(OC2CCC3(CC2)CN(C(=O)[C@H]2C[C@@H](O)C2)C3)n1. The molecule has 1 amide bonds. The molecule has 2 aliphatic carbocycles. The van der Waals surface area contributed by atoms with Crippen LogP contribution in [0.2, 0.25) is 0 Å². The highest BCUT2D eigenvalue weighted by molar-refractivity contribution is 5.80. The molecule has 4 rings (SSSR count). The summed E-state index contributed by atoms with van der Waals surface area (Å²) in [5.41, 5.74) is 2.39. The zero-order valence-corrected chi connectivity index (χ0v) is 15.2. The van der Waals surface area contributed by atoms with Crippen LogP contribution in [-0.4, -0.2) is 46.2 Å². The highest BCUT2D eigenvalue weighted by Crippen LogP contribution is 2.46. The minimum Gasteiger partial charge on any atom is -0.474 e. The van der Waals surface area contributed by atoms with Crippen LogP contribution in [0.25, 0.3) is 0 Å². The summed E-state index contributed by atoms with van der Waals surface area (Å²) in [5, 5.41) is 9.38. The Labute approximate surface area is 149 Å². The first-order valence-corrected chi connectivity index (χ1v) is 9.52. The molecule has 1 aromatic heterocycles. The van der Waals surface area contributed by atoms with E-state index in [1.165, 1.54) is 0 Å². The second-order valence-electron chi connectivity index (χ2n) is 8.41. The third-order valence-electron chi connectivity index (χ3n) is 6.29. The number of carbonyl (C=O) groups excluding carboxylic acids is 1. The van der Waals surface area contributed by atoms with Gasteiger partial charge in [-0.25, -0.2) is 4.98 Å². The highest BCUT2D eigenvalue weighted by atomic mass is 16.5. The Morgan fingerprint density at radius 2 is 1.92 bits per heavy atom. The fourth-order valence-corrected chi connectivity index (χ4v) is 4.48. The lowest BCUT2D eigenvalue weighted by Crippen LogP contribution is -2.62. The van der Waals surface area contributed by atoms with E-state index < -0.39 is 0 Å². The lowest BCUT2D eigenvalue weighted by atomic mass is 9.67. The van der Waals surface area contributed by atoms with Crippen molar-refractivity contribution in [2.45, 2.75) is 64.6 Å². The second kappa shape index (κ2) is 6.27. The van der Waals surface area contributed by atoms with Gasteiger partial charge in [0.15, 0.2) is 0 Å². The topological polar surface area (TPSA) is 62.7 Å². The molecule has 1 spiro atoms. The number of aryl methyl sites for hydroxylation is 2. The lowest BCUT2D eigenvalue weighted by Gasteiger charge is -2.54. The predicted molar refractivity (Wildman–Crippen MR) is 94.3 cm³/mol. The molecule has 0 aromatic carbocycles. The number of aromatic nitrogens is 1. The van der Waals surface area contributed by atoms with Gasteiger partial charge in [-0.05, 0) is 58.4 Å². The van der Waals surface area contributed by atoms with Crippen LogP contribution in [0.5, 0.6) is 5.88 Å². The number of hydrogen-bond donors (Lipinski definition) is 1. The maximum atomic E-state index is 12.3. The van der Waals surface area contributed by atoms with E-state index in [4.69, 9.17) is 4.74 Å². The number of aliphatic hydroxyl groups is 1. The number of nitrogens with zero attached hydrogens (tertiary/aromatic N) is 2. The Morgan fingerprint density at radius 1 is 1.24 bits per heavy atom. The molecule has 0 unspecified atom stereocenters. The molecule has 0 atom stereocenters. The van der Waals surface area contributed by atoms with Gasteiger partial charge in [0.2, 0.25) is 11.8 Å². The molecule has 0 bridgehead atoms. The van der Waals surface area contributed by atoms with Gasteiger partial charge in [0.25, 0.3) is 0 Å². The number of rotatable bonds is 3. The van der Waals surface area contributed by atoms with Crippen molar-refractivity contribution >= 4 is 5.91 Å². The molecular weight excluding hydrogens is 316 g/mol. The van der Waals surface area contributed by atoms with E-state index in [2.05, 4.69) is 11.1 Å². The van der Waals surface area contributed by atoms with Crippen molar-refractivity contribution in [2.24, 2.45) is 11.3 Å². The molecular formula is C20H28N2O3. The molecule has 1 aromatic rings. The van der Waals surface area contributed by atoms with Crippen LogP contribution in [0.3, 0.4) is 0 Å². The first-order chi connectivity index (χ1) is 11.9. The fraction of sp³-hybridized carbons (Fsp3) is 0.700. The van der Waals surface area contributed by atoms with Crippen molar-refractivity contribution in [3.63, 3.8) is 0 Å². The van der Waals surface area contributed by atoms with Crippen molar-refractivity contribution in [1.29, 1.82) is 0 Å². The van der Waals surface area contributed by atoms with Gasteiger partial charge >= 0.3 is 0 Å². The van der Waals surface area contributed by atoms with Crippen molar-refractivity contribution in [2.75, 3.05) is 13.1 Å². The highest BCUT2D eigenvalue weighted by Gasteiger charge is 2.49.